The number of hydrogen-bond acceptors (Lipinski definition) is 3. The summed E-state index contributed by atoms with van der Waals surface area (Å²) in [5.41, 5.74) is 0.823. The van der Waals surface area contributed by atoms with Crippen LogP contribution in [0.1, 0.15) is 5.56 Å². The van der Waals surface area contributed by atoms with E-state index in [0.717, 1.165) is 5.56 Å². The Morgan fingerprint density at radius 1 is 1.50 bits per heavy atom. The molecular weight excluding hydrogens is 254 g/mol. The van der Waals surface area contributed by atoms with E-state index in [-0.39, 0.29) is 12.5 Å². The van der Waals surface area contributed by atoms with E-state index in [1.807, 2.05) is 6.07 Å². The minimum atomic E-state index is -0.242. The monoisotopic (exact) mass is 271 g/mol. The van der Waals surface area contributed by atoms with Crippen molar-refractivity contribution in [2.75, 3.05) is 20.3 Å². The maximum atomic E-state index is 11.4. The molecule has 0 aliphatic carbocycles. The molecule has 0 radical (unpaired) electrons. The summed E-state index contributed by atoms with van der Waals surface area (Å²) in [4.78, 5) is 11.4. The number of rotatable bonds is 7. The van der Waals surface area contributed by atoms with Gasteiger partial charge in [-0.05, 0) is 23.8 Å². The average Bonchev–Trinajstić information content (AvgIpc) is 2.49. The molecule has 1 amide bonds. The third-order valence-corrected chi connectivity index (χ3v) is 2.34. The number of carbonyl (C=O) groups is 1. The first-order valence-corrected chi connectivity index (χ1v) is 6.02. The molecule has 0 bridgehead atoms. The van der Waals surface area contributed by atoms with Gasteiger partial charge in [-0.2, -0.15) is 0 Å². The predicted molar refractivity (Wildman–Crippen MR) is 79.6 cm³/mol. The summed E-state index contributed by atoms with van der Waals surface area (Å²) in [5, 5.41) is 2.54. The Balaban J connectivity index is 2.77. The lowest BCUT2D eigenvalue weighted by Gasteiger charge is -2.09. The Hall–Kier alpha value is -2.67. The van der Waals surface area contributed by atoms with Crippen molar-refractivity contribution in [3.8, 4) is 23.8 Å². The molecule has 20 heavy (non-hydrogen) atoms. The van der Waals surface area contributed by atoms with Gasteiger partial charge in [0.1, 0.15) is 6.61 Å². The van der Waals surface area contributed by atoms with Crippen LogP contribution in [0.15, 0.2) is 36.9 Å². The van der Waals surface area contributed by atoms with Crippen LogP contribution in [-0.2, 0) is 4.79 Å². The van der Waals surface area contributed by atoms with E-state index in [4.69, 9.17) is 15.9 Å². The Bertz CT molecular complexity index is 541. The zero-order valence-electron chi connectivity index (χ0n) is 11.4. The van der Waals surface area contributed by atoms with Crippen LogP contribution in [0.25, 0.3) is 6.08 Å². The molecule has 0 unspecified atom stereocenters. The van der Waals surface area contributed by atoms with E-state index in [9.17, 15) is 4.79 Å². The molecule has 0 aromatic heterocycles. The predicted octanol–water partition coefficient (Wildman–Crippen LogP) is 2.02. The summed E-state index contributed by atoms with van der Waals surface area (Å²) in [6, 6.07) is 5.39. The number of nitrogens with one attached hydrogen (secondary N) is 1. The first-order valence-electron chi connectivity index (χ1n) is 6.02. The molecule has 0 saturated heterocycles. The fraction of sp³-hybridized carbons (Fsp3) is 0.188. The van der Waals surface area contributed by atoms with E-state index < -0.39 is 0 Å². The molecule has 0 aliphatic rings. The van der Waals surface area contributed by atoms with Gasteiger partial charge in [0.15, 0.2) is 11.5 Å². The van der Waals surface area contributed by atoms with Crippen LogP contribution >= 0.6 is 0 Å². The Morgan fingerprint density at radius 2 is 2.30 bits per heavy atom. The number of ether oxygens (including phenoxy) is 2. The van der Waals surface area contributed by atoms with E-state index in [2.05, 4.69) is 17.8 Å². The van der Waals surface area contributed by atoms with Crippen molar-refractivity contribution in [3.05, 3.63) is 42.5 Å². The minimum Gasteiger partial charge on any atom is -0.493 e. The Kier molecular flexibility index (Phi) is 6.49. The number of carbonyl (C=O) groups excluding carboxylic acids is 1. The maximum Gasteiger partial charge on any atom is 0.244 e. The number of terminal acetylenes is 1. The lowest BCUT2D eigenvalue weighted by molar-refractivity contribution is -0.116. The van der Waals surface area contributed by atoms with Gasteiger partial charge in [0.05, 0.1) is 13.7 Å². The van der Waals surface area contributed by atoms with Gasteiger partial charge in [0.25, 0.3) is 0 Å². The smallest absolute Gasteiger partial charge is 0.244 e. The first kappa shape index (κ1) is 15.4. The van der Waals surface area contributed by atoms with Gasteiger partial charge < -0.3 is 14.8 Å². The van der Waals surface area contributed by atoms with Gasteiger partial charge in [-0.15, -0.1) is 6.42 Å². The molecule has 0 spiro atoms. The van der Waals surface area contributed by atoms with E-state index in [0.29, 0.717) is 18.1 Å². The SMILES string of the molecule is C#CCNC(=O)/C=C/c1ccc(OCC=C)c(OC)c1. The molecule has 0 heterocycles. The van der Waals surface area contributed by atoms with Gasteiger partial charge in [-0.25, -0.2) is 0 Å². The Morgan fingerprint density at radius 3 is 2.95 bits per heavy atom. The topological polar surface area (TPSA) is 47.6 Å². The fourth-order valence-electron chi connectivity index (χ4n) is 1.42. The molecule has 0 aliphatic heterocycles. The highest BCUT2D eigenvalue weighted by molar-refractivity contribution is 5.91. The van der Waals surface area contributed by atoms with Crippen LogP contribution in [0.3, 0.4) is 0 Å². The molecule has 1 aromatic rings. The van der Waals surface area contributed by atoms with E-state index >= 15 is 0 Å². The zero-order chi connectivity index (χ0) is 14.8. The van der Waals surface area contributed by atoms with Crippen LogP contribution in [0, 0.1) is 12.3 Å². The molecule has 104 valence electrons. The third-order valence-electron chi connectivity index (χ3n) is 2.34. The standard InChI is InChI=1S/C16H17NO3/c1-4-10-17-16(18)9-7-13-6-8-14(20-11-5-2)15(12-13)19-3/h1,5-9,12H,2,10-11H2,3H3,(H,17,18)/b9-7+. The van der Waals surface area contributed by atoms with Crippen molar-refractivity contribution in [1.82, 2.24) is 5.32 Å². The van der Waals surface area contributed by atoms with Gasteiger partial charge in [0, 0.05) is 6.08 Å². The summed E-state index contributed by atoms with van der Waals surface area (Å²) in [5.74, 6) is 3.31. The third kappa shape index (κ3) is 4.91. The number of hydrogen-bond donors (Lipinski definition) is 1. The van der Waals surface area contributed by atoms with Gasteiger partial charge >= 0.3 is 0 Å². The van der Waals surface area contributed by atoms with Crippen molar-refractivity contribution in [2.24, 2.45) is 0 Å². The maximum absolute atomic E-state index is 11.4. The van der Waals surface area contributed by atoms with Gasteiger partial charge in [-0.1, -0.05) is 24.6 Å². The highest BCUT2D eigenvalue weighted by Gasteiger charge is 2.04. The molecule has 4 heteroatoms. The molecule has 1 N–H and O–H groups in total. The highest BCUT2D eigenvalue weighted by atomic mass is 16.5. The van der Waals surface area contributed by atoms with Crippen LogP contribution < -0.4 is 14.8 Å². The quantitative estimate of drug-likeness (QED) is 0.469. The molecule has 0 atom stereocenters. The normalized spacial score (nSPS) is 9.80. The molecule has 0 saturated carbocycles. The van der Waals surface area contributed by atoms with Crippen LogP contribution in [0.5, 0.6) is 11.5 Å². The largest absolute Gasteiger partial charge is 0.493 e. The molecule has 1 aromatic carbocycles. The van der Waals surface area contributed by atoms with Crippen molar-refractivity contribution in [3.63, 3.8) is 0 Å². The van der Waals surface area contributed by atoms with Crippen molar-refractivity contribution >= 4 is 12.0 Å². The number of benzene rings is 1. The second kappa shape index (κ2) is 8.44. The number of methoxy groups -OCH3 is 1. The van der Waals surface area contributed by atoms with Gasteiger partial charge in [0.2, 0.25) is 5.91 Å². The average molecular weight is 271 g/mol. The van der Waals surface area contributed by atoms with Crippen LogP contribution in [0.4, 0.5) is 0 Å². The summed E-state index contributed by atoms with van der Waals surface area (Å²) in [7, 11) is 1.56. The first-order chi connectivity index (χ1) is 9.71. The number of amides is 1. The summed E-state index contributed by atoms with van der Waals surface area (Å²) < 4.78 is 10.7. The fourth-order valence-corrected chi connectivity index (χ4v) is 1.42. The van der Waals surface area contributed by atoms with Crippen molar-refractivity contribution in [2.45, 2.75) is 0 Å². The van der Waals surface area contributed by atoms with E-state index in [1.165, 1.54) is 6.08 Å². The molecular formula is C16H17NO3. The second-order valence-electron chi connectivity index (χ2n) is 3.77. The van der Waals surface area contributed by atoms with E-state index in [1.54, 1.807) is 31.4 Å². The van der Waals surface area contributed by atoms with Crippen LogP contribution in [0.2, 0.25) is 0 Å². The van der Waals surface area contributed by atoms with Gasteiger partial charge in [-0.3, -0.25) is 4.79 Å². The van der Waals surface area contributed by atoms with Crippen molar-refractivity contribution in [1.29, 1.82) is 0 Å². The second-order valence-corrected chi connectivity index (χ2v) is 3.77. The van der Waals surface area contributed by atoms with Crippen molar-refractivity contribution < 1.29 is 14.3 Å². The summed E-state index contributed by atoms with van der Waals surface area (Å²) in [6.07, 6.45) is 9.79. The lowest BCUT2D eigenvalue weighted by Crippen LogP contribution is -2.20. The minimum absolute atomic E-state index is 0.209. The molecule has 1 rings (SSSR count). The molecule has 0 fully saturated rings. The molecule has 4 nitrogen and oxygen atoms in total. The Labute approximate surface area is 119 Å². The zero-order valence-corrected chi connectivity index (χ0v) is 11.4. The summed E-state index contributed by atoms with van der Waals surface area (Å²) >= 11 is 0. The highest BCUT2D eigenvalue weighted by Crippen LogP contribution is 2.28. The van der Waals surface area contributed by atoms with Crippen LogP contribution in [-0.4, -0.2) is 26.2 Å². The summed E-state index contributed by atoms with van der Waals surface area (Å²) in [6.45, 7) is 4.20. The lowest BCUT2D eigenvalue weighted by atomic mass is 10.2.